The van der Waals surface area contributed by atoms with E-state index in [1.807, 2.05) is 65.2 Å². The number of para-hydroxylation sites is 1. The number of hydrogen-bond acceptors (Lipinski definition) is 4. The number of carbonyl (C=O) groups excluding carboxylic acids is 1. The van der Waals surface area contributed by atoms with E-state index < -0.39 is 0 Å². The van der Waals surface area contributed by atoms with Crippen LogP contribution in [0.15, 0.2) is 60.8 Å². The molecule has 174 valence electrons. The summed E-state index contributed by atoms with van der Waals surface area (Å²) in [7, 11) is 0. The molecule has 5 rings (SSSR count). The smallest absolute Gasteiger partial charge is 0.254 e. The Bertz CT molecular complexity index is 1340. The molecule has 3 heterocycles. The first-order valence-electron chi connectivity index (χ1n) is 11.7. The lowest BCUT2D eigenvalue weighted by Gasteiger charge is -2.35. The summed E-state index contributed by atoms with van der Waals surface area (Å²) in [5, 5.41) is 5.31. The molecule has 0 N–H and O–H groups in total. The summed E-state index contributed by atoms with van der Waals surface area (Å²) in [5.74, 6) is -0.176. The molecule has 2 aromatic heterocycles. The van der Waals surface area contributed by atoms with Crippen molar-refractivity contribution in [1.29, 1.82) is 0 Å². The predicted molar refractivity (Wildman–Crippen MR) is 131 cm³/mol. The molecule has 1 fully saturated rings. The Labute approximate surface area is 198 Å². The SMILES string of the molecule is CCn1ncc(-c2cc(C(=O)N3CCN(Cc4ccccc4F)CC3)c3ccccc3n2)c1C. The van der Waals surface area contributed by atoms with Gasteiger partial charge in [-0.2, -0.15) is 5.10 Å². The Morgan fingerprint density at radius 3 is 2.50 bits per heavy atom. The van der Waals surface area contributed by atoms with Crippen molar-refractivity contribution >= 4 is 16.8 Å². The summed E-state index contributed by atoms with van der Waals surface area (Å²) in [5.41, 5.74) is 4.88. The molecule has 1 aliphatic heterocycles. The maximum absolute atomic E-state index is 14.0. The highest BCUT2D eigenvalue weighted by atomic mass is 19.1. The molecule has 0 saturated carbocycles. The molecule has 1 amide bonds. The van der Waals surface area contributed by atoms with E-state index in [-0.39, 0.29) is 11.7 Å². The molecule has 0 aliphatic carbocycles. The number of pyridine rings is 1. The highest BCUT2D eigenvalue weighted by molar-refractivity contribution is 6.07. The Morgan fingerprint density at radius 1 is 1.03 bits per heavy atom. The van der Waals surface area contributed by atoms with Gasteiger partial charge in [-0.25, -0.2) is 9.37 Å². The third-order valence-electron chi connectivity index (χ3n) is 6.64. The van der Waals surface area contributed by atoms with Crippen molar-refractivity contribution in [3.8, 4) is 11.3 Å². The van der Waals surface area contributed by atoms with Gasteiger partial charge in [0.25, 0.3) is 5.91 Å². The van der Waals surface area contributed by atoms with E-state index in [0.29, 0.717) is 43.9 Å². The van der Waals surface area contributed by atoms with Crippen molar-refractivity contribution in [3.05, 3.63) is 83.4 Å². The van der Waals surface area contributed by atoms with Gasteiger partial charge in [0.05, 0.1) is 23.0 Å². The number of hydrogen-bond donors (Lipinski definition) is 0. The Morgan fingerprint density at radius 2 is 1.76 bits per heavy atom. The molecule has 1 aliphatic rings. The van der Waals surface area contributed by atoms with Crippen LogP contribution in [-0.2, 0) is 13.1 Å². The van der Waals surface area contributed by atoms with Crippen molar-refractivity contribution in [2.75, 3.05) is 26.2 Å². The van der Waals surface area contributed by atoms with Gasteiger partial charge in [0.1, 0.15) is 5.82 Å². The molecule has 0 spiro atoms. The Kier molecular flexibility index (Phi) is 6.11. The summed E-state index contributed by atoms with van der Waals surface area (Å²) in [6.07, 6.45) is 1.83. The fraction of sp³-hybridized carbons (Fsp3) is 0.296. The molecule has 6 nitrogen and oxygen atoms in total. The third kappa shape index (κ3) is 4.19. The van der Waals surface area contributed by atoms with E-state index in [1.165, 1.54) is 6.07 Å². The van der Waals surface area contributed by atoms with E-state index >= 15 is 0 Å². The number of rotatable bonds is 5. The van der Waals surface area contributed by atoms with Gasteiger partial charge in [-0.1, -0.05) is 36.4 Å². The molecular formula is C27H28FN5O. The number of nitrogens with zero attached hydrogens (tertiary/aromatic N) is 5. The van der Waals surface area contributed by atoms with Gasteiger partial charge in [0.2, 0.25) is 0 Å². The van der Waals surface area contributed by atoms with Crippen molar-refractivity contribution in [2.24, 2.45) is 0 Å². The highest BCUT2D eigenvalue weighted by Gasteiger charge is 2.25. The molecule has 0 atom stereocenters. The van der Waals surface area contributed by atoms with Gasteiger partial charge in [0, 0.05) is 61.5 Å². The number of piperazine rings is 1. The topological polar surface area (TPSA) is 54.3 Å². The Hall–Kier alpha value is -3.58. The van der Waals surface area contributed by atoms with Crippen LogP contribution in [0.25, 0.3) is 22.2 Å². The Balaban J connectivity index is 1.40. The molecule has 0 radical (unpaired) electrons. The first-order valence-corrected chi connectivity index (χ1v) is 11.7. The first kappa shape index (κ1) is 22.2. The highest BCUT2D eigenvalue weighted by Crippen LogP contribution is 2.28. The number of amides is 1. The fourth-order valence-corrected chi connectivity index (χ4v) is 4.65. The summed E-state index contributed by atoms with van der Waals surface area (Å²) < 4.78 is 16.0. The lowest BCUT2D eigenvalue weighted by Crippen LogP contribution is -2.48. The number of fused-ring (bicyclic) bond motifs is 1. The lowest BCUT2D eigenvalue weighted by atomic mass is 10.0. The quantitative estimate of drug-likeness (QED) is 0.442. The van der Waals surface area contributed by atoms with E-state index in [4.69, 9.17) is 4.98 Å². The summed E-state index contributed by atoms with van der Waals surface area (Å²) in [4.78, 5) is 22.6. The van der Waals surface area contributed by atoms with E-state index in [2.05, 4.69) is 16.9 Å². The fourth-order valence-electron chi connectivity index (χ4n) is 4.65. The maximum Gasteiger partial charge on any atom is 0.254 e. The van der Waals surface area contributed by atoms with Crippen LogP contribution in [0.4, 0.5) is 4.39 Å². The van der Waals surface area contributed by atoms with Gasteiger partial charge in [-0.05, 0) is 32.0 Å². The van der Waals surface area contributed by atoms with E-state index in [1.54, 1.807) is 6.07 Å². The number of benzene rings is 2. The zero-order chi connectivity index (χ0) is 23.7. The van der Waals surface area contributed by atoms with E-state index in [0.717, 1.165) is 34.4 Å². The minimum atomic E-state index is -0.182. The van der Waals surface area contributed by atoms with Crippen LogP contribution in [0, 0.1) is 12.7 Å². The monoisotopic (exact) mass is 457 g/mol. The second kappa shape index (κ2) is 9.35. The molecule has 1 saturated heterocycles. The second-order valence-electron chi connectivity index (χ2n) is 8.69. The molecule has 2 aromatic carbocycles. The average Bonchev–Trinajstić information content (AvgIpc) is 3.25. The summed E-state index contributed by atoms with van der Waals surface area (Å²) in [6, 6.07) is 16.6. The van der Waals surface area contributed by atoms with Crippen molar-refractivity contribution in [1.82, 2.24) is 24.6 Å². The third-order valence-corrected chi connectivity index (χ3v) is 6.64. The second-order valence-corrected chi connectivity index (χ2v) is 8.69. The van der Waals surface area contributed by atoms with Crippen LogP contribution in [0.3, 0.4) is 0 Å². The lowest BCUT2D eigenvalue weighted by molar-refractivity contribution is 0.0629. The van der Waals surface area contributed by atoms with Crippen LogP contribution in [0.1, 0.15) is 28.5 Å². The molecule has 34 heavy (non-hydrogen) atoms. The van der Waals surface area contributed by atoms with Crippen LogP contribution in [0.5, 0.6) is 0 Å². The standard InChI is InChI=1S/C27H28FN5O/c1-3-33-19(2)23(17-29-33)26-16-22(21-9-5-7-11-25(21)30-26)27(34)32-14-12-31(13-15-32)18-20-8-4-6-10-24(20)28/h4-11,16-17H,3,12-15,18H2,1-2H3. The normalized spacial score (nSPS) is 14.6. The van der Waals surface area contributed by atoms with Crippen LogP contribution in [-0.4, -0.2) is 56.7 Å². The van der Waals surface area contributed by atoms with Gasteiger partial charge in [0.15, 0.2) is 0 Å². The largest absolute Gasteiger partial charge is 0.336 e. The number of carbonyl (C=O) groups is 1. The van der Waals surface area contributed by atoms with Gasteiger partial charge < -0.3 is 4.90 Å². The molecular weight excluding hydrogens is 429 g/mol. The van der Waals surface area contributed by atoms with Crippen molar-refractivity contribution < 1.29 is 9.18 Å². The zero-order valence-corrected chi connectivity index (χ0v) is 19.5. The van der Waals surface area contributed by atoms with Gasteiger partial charge in [-0.15, -0.1) is 0 Å². The molecule has 0 bridgehead atoms. The molecule has 0 unspecified atom stereocenters. The van der Waals surface area contributed by atoms with Crippen molar-refractivity contribution in [2.45, 2.75) is 26.9 Å². The van der Waals surface area contributed by atoms with Crippen LogP contribution < -0.4 is 0 Å². The number of aromatic nitrogens is 3. The molecule has 4 aromatic rings. The molecule has 7 heteroatoms. The predicted octanol–water partition coefficient (Wildman–Crippen LogP) is 4.52. The summed E-state index contributed by atoms with van der Waals surface area (Å²) in [6.45, 7) is 8.03. The van der Waals surface area contributed by atoms with Gasteiger partial charge >= 0.3 is 0 Å². The van der Waals surface area contributed by atoms with Crippen molar-refractivity contribution in [3.63, 3.8) is 0 Å². The average molecular weight is 458 g/mol. The number of aryl methyl sites for hydroxylation is 1. The van der Waals surface area contributed by atoms with Crippen LogP contribution in [0.2, 0.25) is 0 Å². The van der Waals surface area contributed by atoms with E-state index in [9.17, 15) is 9.18 Å². The number of halogens is 1. The van der Waals surface area contributed by atoms with Gasteiger partial charge in [-0.3, -0.25) is 14.4 Å². The minimum Gasteiger partial charge on any atom is -0.336 e. The summed E-state index contributed by atoms with van der Waals surface area (Å²) >= 11 is 0. The first-order chi connectivity index (χ1) is 16.5. The zero-order valence-electron chi connectivity index (χ0n) is 19.5. The maximum atomic E-state index is 14.0. The minimum absolute atomic E-state index is 0.00549. The van der Waals surface area contributed by atoms with Crippen LogP contribution >= 0.6 is 0 Å².